The van der Waals surface area contributed by atoms with Crippen LogP contribution in [0.15, 0.2) is 18.3 Å². The van der Waals surface area contributed by atoms with Crippen LogP contribution in [0.25, 0.3) is 0 Å². The molecule has 1 aromatic rings. The van der Waals surface area contributed by atoms with E-state index in [2.05, 4.69) is 11.9 Å². The summed E-state index contributed by atoms with van der Waals surface area (Å²) in [6.45, 7) is 6.78. The number of carbonyl (C=O) groups excluding carboxylic acids is 1. The molecule has 1 heterocycles. The Bertz CT molecular complexity index is 455. The third-order valence-corrected chi connectivity index (χ3v) is 3.12. The molecule has 0 aromatic carbocycles. The molecule has 0 spiro atoms. The molecule has 1 amide bonds. The van der Waals surface area contributed by atoms with Crippen LogP contribution in [0.1, 0.15) is 60.9 Å². The number of aromatic nitrogens is 1. The SMILES string of the molecule is CCCCCN(C(=O)c1ccc(C(=O)O)nc1)C(C)C. The number of hydrogen-bond donors (Lipinski definition) is 1. The van der Waals surface area contributed by atoms with E-state index in [-0.39, 0.29) is 17.6 Å². The standard InChI is InChI=1S/C15H22N2O3/c1-4-5-6-9-17(11(2)3)14(18)12-7-8-13(15(19)20)16-10-12/h7-8,10-11H,4-6,9H2,1-3H3,(H,19,20). The molecule has 0 bridgehead atoms. The molecule has 0 radical (unpaired) electrons. The number of carboxylic acids is 1. The summed E-state index contributed by atoms with van der Waals surface area (Å²) in [6, 6.07) is 2.99. The maximum absolute atomic E-state index is 12.4. The van der Waals surface area contributed by atoms with Crippen LogP contribution in [0.2, 0.25) is 0 Å². The minimum Gasteiger partial charge on any atom is -0.477 e. The minimum absolute atomic E-state index is 0.0522. The maximum Gasteiger partial charge on any atom is 0.354 e. The zero-order chi connectivity index (χ0) is 15.1. The molecule has 5 nitrogen and oxygen atoms in total. The van der Waals surface area contributed by atoms with Crippen molar-refractivity contribution in [2.75, 3.05) is 6.54 Å². The average Bonchev–Trinajstić information content (AvgIpc) is 2.42. The van der Waals surface area contributed by atoms with E-state index in [1.54, 1.807) is 4.90 Å². The van der Waals surface area contributed by atoms with E-state index in [9.17, 15) is 9.59 Å². The molecule has 110 valence electrons. The summed E-state index contributed by atoms with van der Waals surface area (Å²) in [6.07, 6.45) is 4.50. The Hall–Kier alpha value is -1.91. The smallest absolute Gasteiger partial charge is 0.354 e. The lowest BCUT2D eigenvalue weighted by molar-refractivity contribution is 0.0679. The highest BCUT2D eigenvalue weighted by atomic mass is 16.4. The summed E-state index contributed by atoms with van der Waals surface area (Å²) in [5.74, 6) is -1.19. The number of carboxylic acid groups (broad SMARTS) is 1. The quantitative estimate of drug-likeness (QED) is 0.778. The number of pyridine rings is 1. The van der Waals surface area contributed by atoms with Crippen molar-refractivity contribution in [1.29, 1.82) is 0 Å². The van der Waals surface area contributed by atoms with Crippen LogP contribution < -0.4 is 0 Å². The Kier molecular flexibility index (Phi) is 6.15. The third-order valence-electron chi connectivity index (χ3n) is 3.12. The first-order chi connectivity index (χ1) is 9.47. The molecular formula is C15H22N2O3. The van der Waals surface area contributed by atoms with Crippen molar-refractivity contribution in [3.8, 4) is 0 Å². The van der Waals surface area contributed by atoms with Gasteiger partial charge >= 0.3 is 5.97 Å². The number of nitrogens with zero attached hydrogens (tertiary/aromatic N) is 2. The molecule has 20 heavy (non-hydrogen) atoms. The molecule has 0 unspecified atom stereocenters. The lowest BCUT2D eigenvalue weighted by Gasteiger charge is -2.26. The Morgan fingerprint density at radius 1 is 1.30 bits per heavy atom. The van der Waals surface area contributed by atoms with Gasteiger partial charge in [-0.05, 0) is 32.4 Å². The summed E-state index contributed by atoms with van der Waals surface area (Å²) in [4.78, 5) is 28.7. The molecule has 0 aliphatic rings. The van der Waals surface area contributed by atoms with E-state index in [4.69, 9.17) is 5.11 Å². The summed E-state index contributed by atoms with van der Waals surface area (Å²) in [5, 5.41) is 8.80. The van der Waals surface area contributed by atoms with Gasteiger partial charge in [0, 0.05) is 18.8 Å². The van der Waals surface area contributed by atoms with E-state index in [1.807, 2.05) is 13.8 Å². The van der Waals surface area contributed by atoms with Crippen LogP contribution in [-0.2, 0) is 0 Å². The molecule has 1 aromatic heterocycles. The molecule has 0 atom stereocenters. The molecule has 0 saturated carbocycles. The Balaban J connectivity index is 2.80. The van der Waals surface area contributed by atoms with Gasteiger partial charge in [-0.3, -0.25) is 4.79 Å². The zero-order valence-corrected chi connectivity index (χ0v) is 12.3. The monoisotopic (exact) mass is 278 g/mol. The van der Waals surface area contributed by atoms with Gasteiger partial charge in [0.25, 0.3) is 5.91 Å². The van der Waals surface area contributed by atoms with Gasteiger partial charge in [-0.2, -0.15) is 0 Å². The number of aromatic carboxylic acids is 1. The van der Waals surface area contributed by atoms with Gasteiger partial charge in [-0.15, -0.1) is 0 Å². The van der Waals surface area contributed by atoms with Gasteiger partial charge in [0.2, 0.25) is 0 Å². The van der Waals surface area contributed by atoms with Crippen molar-refractivity contribution in [3.05, 3.63) is 29.6 Å². The molecule has 1 N–H and O–H groups in total. The number of carbonyl (C=O) groups is 2. The van der Waals surface area contributed by atoms with Crippen molar-refractivity contribution in [1.82, 2.24) is 9.88 Å². The van der Waals surface area contributed by atoms with Crippen LogP contribution in [-0.4, -0.2) is 39.5 Å². The van der Waals surface area contributed by atoms with E-state index in [1.165, 1.54) is 18.3 Å². The highest BCUT2D eigenvalue weighted by Gasteiger charge is 2.19. The van der Waals surface area contributed by atoms with Gasteiger partial charge in [0.15, 0.2) is 0 Å². The average molecular weight is 278 g/mol. The molecule has 0 saturated heterocycles. The largest absolute Gasteiger partial charge is 0.477 e. The van der Waals surface area contributed by atoms with Gasteiger partial charge in [-0.25, -0.2) is 9.78 Å². The normalized spacial score (nSPS) is 10.6. The lowest BCUT2D eigenvalue weighted by Crippen LogP contribution is -2.37. The highest BCUT2D eigenvalue weighted by molar-refractivity contribution is 5.95. The topological polar surface area (TPSA) is 70.5 Å². The van der Waals surface area contributed by atoms with Crippen molar-refractivity contribution >= 4 is 11.9 Å². The third kappa shape index (κ3) is 4.33. The summed E-state index contributed by atoms with van der Waals surface area (Å²) < 4.78 is 0. The molecule has 0 aliphatic heterocycles. The molecule has 0 aliphatic carbocycles. The second kappa shape index (κ2) is 7.62. The minimum atomic E-state index is -1.09. The molecule has 1 rings (SSSR count). The van der Waals surface area contributed by atoms with Crippen LogP contribution >= 0.6 is 0 Å². The molecular weight excluding hydrogens is 256 g/mol. The summed E-state index contributed by atoms with van der Waals surface area (Å²) >= 11 is 0. The van der Waals surface area contributed by atoms with Crippen molar-refractivity contribution < 1.29 is 14.7 Å². The van der Waals surface area contributed by atoms with Crippen molar-refractivity contribution in [2.45, 2.75) is 46.1 Å². The summed E-state index contributed by atoms with van der Waals surface area (Å²) in [5.41, 5.74) is 0.379. The predicted molar refractivity (Wildman–Crippen MR) is 76.9 cm³/mol. The Labute approximate surface area is 119 Å². The van der Waals surface area contributed by atoms with Crippen LogP contribution in [0.3, 0.4) is 0 Å². The van der Waals surface area contributed by atoms with Crippen LogP contribution in [0.4, 0.5) is 0 Å². The molecule has 5 heteroatoms. The highest BCUT2D eigenvalue weighted by Crippen LogP contribution is 2.10. The Morgan fingerprint density at radius 2 is 2.00 bits per heavy atom. The van der Waals surface area contributed by atoms with Crippen molar-refractivity contribution in [3.63, 3.8) is 0 Å². The second-order valence-corrected chi connectivity index (χ2v) is 5.04. The first kappa shape index (κ1) is 16.1. The fraction of sp³-hybridized carbons (Fsp3) is 0.533. The number of hydrogen-bond acceptors (Lipinski definition) is 3. The fourth-order valence-electron chi connectivity index (χ4n) is 1.94. The number of amides is 1. The van der Waals surface area contributed by atoms with Gasteiger partial charge in [0.05, 0.1) is 5.56 Å². The van der Waals surface area contributed by atoms with E-state index in [0.717, 1.165) is 19.3 Å². The van der Waals surface area contributed by atoms with E-state index < -0.39 is 5.97 Å². The van der Waals surface area contributed by atoms with Crippen LogP contribution in [0, 0.1) is 0 Å². The first-order valence-electron chi connectivity index (χ1n) is 6.97. The Morgan fingerprint density at radius 3 is 2.45 bits per heavy atom. The van der Waals surface area contributed by atoms with Crippen LogP contribution in [0.5, 0.6) is 0 Å². The van der Waals surface area contributed by atoms with Gasteiger partial charge in [-0.1, -0.05) is 19.8 Å². The fourth-order valence-corrected chi connectivity index (χ4v) is 1.94. The first-order valence-corrected chi connectivity index (χ1v) is 6.97. The van der Waals surface area contributed by atoms with E-state index >= 15 is 0 Å². The number of unbranched alkanes of at least 4 members (excludes halogenated alkanes) is 2. The second-order valence-electron chi connectivity index (χ2n) is 5.04. The van der Waals surface area contributed by atoms with Crippen molar-refractivity contribution in [2.24, 2.45) is 0 Å². The van der Waals surface area contributed by atoms with Gasteiger partial charge in [0.1, 0.15) is 5.69 Å². The lowest BCUT2D eigenvalue weighted by atomic mass is 10.1. The van der Waals surface area contributed by atoms with E-state index in [0.29, 0.717) is 12.1 Å². The number of rotatable bonds is 7. The summed E-state index contributed by atoms with van der Waals surface area (Å²) in [7, 11) is 0. The maximum atomic E-state index is 12.4. The van der Waals surface area contributed by atoms with Gasteiger partial charge < -0.3 is 10.0 Å². The zero-order valence-electron chi connectivity index (χ0n) is 12.3. The predicted octanol–water partition coefficient (Wildman–Crippen LogP) is 2.82. The molecule has 0 fully saturated rings.